The molecule has 1 fully saturated rings. The van der Waals surface area contributed by atoms with E-state index in [4.69, 9.17) is 14.2 Å². The van der Waals surface area contributed by atoms with E-state index in [1.807, 2.05) is 18.2 Å². The van der Waals surface area contributed by atoms with Crippen LogP contribution in [0.3, 0.4) is 0 Å². The third kappa shape index (κ3) is 4.84. The van der Waals surface area contributed by atoms with Crippen LogP contribution in [0.5, 0.6) is 17.2 Å². The van der Waals surface area contributed by atoms with Crippen LogP contribution in [0.15, 0.2) is 59.8 Å². The van der Waals surface area contributed by atoms with Gasteiger partial charge in [0.15, 0.2) is 11.6 Å². The topological polar surface area (TPSA) is 89.2 Å². The van der Waals surface area contributed by atoms with Gasteiger partial charge in [-0.25, -0.2) is 13.8 Å². The summed E-state index contributed by atoms with van der Waals surface area (Å²) in [5.41, 5.74) is 2.34. The summed E-state index contributed by atoms with van der Waals surface area (Å²) in [5, 5.41) is 0.487. The lowest BCUT2D eigenvalue weighted by Crippen LogP contribution is -2.32. The van der Waals surface area contributed by atoms with Gasteiger partial charge in [-0.05, 0) is 62.8 Å². The molecule has 3 heterocycles. The van der Waals surface area contributed by atoms with E-state index in [0.717, 1.165) is 29.0 Å². The first-order valence-electron chi connectivity index (χ1n) is 14.7. The number of aromatic amines is 2. The lowest BCUT2D eigenvalue weighted by Gasteiger charge is -2.36. The summed E-state index contributed by atoms with van der Waals surface area (Å²) in [6.07, 6.45) is 6.32. The van der Waals surface area contributed by atoms with Crippen LogP contribution in [0, 0.1) is 23.4 Å². The number of hydrogen-bond acceptors (Lipinski definition) is 6. The Kier molecular flexibility index (Phi) is 7.31. The molecule has 45 heavy (non-hydrogen) atoms. The zero-order valence-corrected chi connectivity index (χ0v) is 25.6. The van der Waals surface area contributed by atoms with E-state index in [9.17, 15) is 9.18 Å². The number of para-hydroxylation sites is 1. The molecule has 0 unspecified atom stereocenters. The number of nitrogens with zero attached hydrogens (tertiary/aromatic N) is 1. The van der Waals surface area contributed by atoms with Crippen molar-refractivity contribution in [3.05, 3.63) is 89.1 Å². The van der Waals surface area contributed by atoms with Crippen LogP contribution in [0.25, 0.3) is 22.3 Å². The maximum absolute atomic E-state index is 15.2. The predicted molar refractivity (Wildman–Crippen MR) is 165 cm³/mol. The SMILES string of the molecule is CCOC(=O)[C@@H]1C[C@@H]1c1cccc2c1OCC[C@]2(C)c1cnc(-c2cc(Oc3c(F)c(F)c4[nH]ccc4c3SC)ccc2F)[nH]1. The summed E-state index contributed by atoms with van der Waals surface area (Å²) in [7, 11) is 0. The normalized spacial score (nSPS) is 20.5. The fraction of sp³-hybridized carbons (Fsp3) is 0.294. The maximum Gasteiger partial charge on any atom is 0.309 e. The first-order chi connectivity index (χ1) is 21.7. The average Bonchev–Trinajstić information content (AvgIpc) is 3.40. The summed E-state index contributed by atoms with van der Waals surface area (Å²) >= 11 is 1.22. The van der Waals surface area contributed by atoms with E-state index in [0.29, 0.717) is 29.9 Å². The second-order valence-corrected chi connectivity index (χ2v) is 12.3. The van der Waals surface area contributed by atoms with Gasteiger partial charge in [-0.3, -0.25) is 4.79 Å². The van der Waals surface area contributed by atoms with Crippen molar-refractivity contribution in [2.24, 2.45) is 5.92 Å². The summed E-state index contributed by atoms with van der Waals surface area (Å²) < 4.78 is 62.4. The number of benzene rings is 3. The number of ether oxygens (including phenoxy) is 3. The van der Waals surface area contributed by atoms with Crippen LogP contribution in [0.1, 0.15) is 49.4 Å². The van der Waals surface area contributed by atoms with Crippen molar-refractivity contribution in [3.8, 4) is 28.6 Å². The highest BCUT2D eigenvalue weighted by Gasteiger charge is 2.48. The molecule has 2 N–H and O–H groups in total. The molecule has 0 bridgehead atoms. The lowest BCUT2D eigenvalue weighted by atomic mass is 9.74. The standard InChI is InChI=1S/C34H30F3N3O4S/c1-4-42-33(41)21-15-20(21)18-6-5-7-23-29(18)43-13-11-34(23,2)25-16-39-32(40-25)22-14-17(8-9-24(22)35)44-30-27(37)26(36)28-19(10-12-38-28)31(30)45-3/h5-10,12,14,16,20-21,38H,4,11,13,15H2,1-3H3,(H,39,40)/t20-,21-,34+/m1/s1. The zero-order valence-electron chi connectivity index (χ0n) is 24.8. The fourth-order valence-corrected chi connectivity index (χ4v) is 7.04. The third-order valence-electron chi connectivity index (χ3n) is 8.86. The van der Waals surface area contributed by atoms with E-state index in [1.165, 1.54) is 36.2 Å². The van der Waals surface area contributed by atoms with Gasteiger partial charge in [0.25, 0.3) is 0 Å². The van der Waals surface area contributed by atoms with E-state index in [-0.39, 0.29) is 46.2 Å². The number of hydrogen-bond donors (Lipinski definition) is 2. The molecule has 11 heteroatoms. The van der Waals surface area contributed by atoms with Crippen LogP contribution in [0.4, 0.5) is 13.2 Å². The summed E-state index contributed by atoms with van der Waals surface area (Å²) in [5.74, 6) is -2.18. The van der Waals surface area contributed by atoms with E-state index in [2.05, 4.69) is 21.9 Å². The first kappa shape index (κ1) is 29.3. The second-order valence-electron chi connectivity index (χ2n) is 11.5. The van der Waals surface area contributed by atoms with Gasteiger partial charge in [0.1, 0.15) is 23.1 Å². The van der Waals surface area contributed by atoms with Gasteiger partial charge in [-0.1, -0.05) is 18.2 Å². The maximum atomic E-state index is 15.2. The van der Waals surface area contributed by atoms with E-state index >= 15 is 8.78 Å². The number of imidazole rings is 1. The van der Waals surface area contributed by atoms with Crippen molar-refractivity contribution in [2.45, 2.75) is 42.9 Å². The second kappa shape index (κ2) is 11.2. The van der Waals surface area contributed by atoms with Gasteiger partial charge < -0.3 is 24.2 Å². The van der Waals surface area contributed by atoms with Crippen LogP contribution in [-0.4, -0.2) is 40.4 Å². The summed E-state index contributed by atoms with van der Waals surface area (Å²) in [6, 6.07) is 11.6. The highest BCUT2D eigenvalue weighted by molar-refractivity contribution is 7.99. The lowest BCUT2D eigenvalue weighted by molar-refractivity contribution is -0.144. The molecule has 0 saturated heterocycles. The van der Waals surface area contributed by atoms with Gasteiger partial charge in [-0.15, -0.1) is 11.8 Å². The minimum atomic E-state index is -1.13. The first-order valence-corrected chi connectivity index (χ1v) is 16.0. The molecule has 0 amide bonds. The molecule has 0 radical (unpaired) electrons. The molecule has 7 nitrogen and oxygen atoms in total. The largest absolute Gasteiger partial charge is 0.493 e. The van der Waals surface area contributed by atoms with Gasteiger partial charge in [0.2, 0.25) is 5.82 Å². The molecule has 7 rings (SSSR count). The monoisotopic (exact) mass is 633 g/mol. The van der Waals surface area contributed by atoms with Crippen molar-refractivity contribution < 1.29 is 32.2 Å². The Morgan fingerprint density at radius 3 is 2.82 bits per heavy atom. The fourth-order valence-electron chi connectivity index (χ4n) is 6.33. The number of carbonyl (C=O) groups excluding carboxylic acids is 1. The van der Waals surface area contributed by atoms with E-state index in [1.54, 1.807) is 25.4 Å². The number of halogens is 3. The van der Waals surface area contributed by atoms with Crippen LogP contribution in [-0.2, 0) is 14.9 Å². The molecular formula is C34H30F3N3O4S. The number of aromatic nitrogens is 3. The number of fused-ring (bicyclic) bond motifs is 2. The van der Waals surface area contributed by atoms with Crippen molar-refractivity contribution in [1.82, 2.24) is 15.0 Å². The minimum Gasteiger partial charge on any atom is -0.493 e. The Labute approximate surface area is 261 Å². The van der Waals surface area contributed by atoms with Crippen molar-refractivity contribution in [1.29, 1.82) is 0 Å². The summed E-state index contributed by atoms with van der Waals surface area (Å²) in [6.45, 7) is 4.68. The number of H-pyrrole nitrogens is 2. The number of carbonyl (C=O) groups is 1. The summed E-state index contributed by atoms with van der Waals surface area (Å²) in [4.78, 5) is 23.3. The predicted octanol–water partition coefficient (Wildman–Crippen LogP) is 8.24. The number of nitrogens with one attached hydrogen (secondary N) is 2. The molecule has 2 aromatic heterocycles. The molecular weight excluding hydrogens is 603 g/mol. The Bertz CT molecular complexity index is 1960. The van der Waals surface area contributed by atoms with Crippen LogP contribution >= 0.6 is 11.8 Å². The average molecular weight is 634 g/mol. The smallest absolute Gasteiger partial charge is 0.309 e. The molecule has 3 aromatic carbocycles. The highest BCUT2D eigenvalue weighted by atomic mass is 32.2. The van der Waals surface area contributed by atoms with Gasteiger partial charge in [-0.2, -0.15) is 4.39 Å². The molecule has 2 aliphatic rings. The Morgan fingerprint density at radius 2 is 2.02 bits per heavy atom. The van der Waals surface area contributed by atoms with Gasteiger partial charge in [0.05, 0.1) is 35.1 Å². The number of thioether (sulfide) groups is 1. The van der Waals surface area contributed by atoms with Gasteiger partial charge >= 0.3 is 5.97 Å². The Balaban J connectivity index is 1.21. The molecule has 1 aliphatic carbocycles. The molecule has 3 atom stereocenters. The molecule has 232 valence electrons. The van der Waals surface area contributed by atoms with Gasteiger partial charge in [0, 0.05) is 40.4 Å². The third-order valence-corrected chi connectivity index (χ3v) is 9.68. The van der Waals surface area contributed by atoms with Crippen molar-refractivity contribution in [3.63, 3.8) is 0 Å². The van der Waals surface area contributed by atoms with Crippen molar-refractivity contribution in [2.75, 3.05) is 19.5 Å². The van der Waals surface area contributed by atoms with Crippen LogP contribution < -0.4 is 9.47 Å². The minimum absolute atomic E-state index is 0.0402. The molecule has 0 spiro atoms. The zero-order chi connectivity index (χ0) is 31.5. The Morgan fingerprint density at radius 1 is 1.18 bits per heavy atom. The van der Waals surface area contributed by atoms with E-state index < -0.39 is 22.9 Å². The molecule has 1 aliphatic heterocycles. The molecule has 1 saturated carbocycles. The van der Waals surface area contributed by atoms with Crippen molar-refractivity contribution >= 4 is 28.6 Å². The van der Waals surface area contributed by atoms with Crippen LogP contribution in [0.2, 0.25) is 0 Å². The Hall–Kier alpha value is -4.38. The number of esters is 1. The quantitative estimate of drug-likeness (QED) is 0.132. The highest BCUT2D eigenvalue weighted by Crippen LogP contribution is 2.55. The molecule has 5 aromatic rings. The number of rotatable bonds is 8.